The van der Waals surface area contributed by atoms with Crippen LogP contribution in [-0.4, -0.2) is 29.9 Å². The Hall–Kier alpha value is -1.33. The number of rotatable bonds is 7. The highest BCUT2D eigenvalue weighted by atomic mass is 32.2. The fourth-order valence-corrected chi connectivity index (χ4v) is 2.50. The van der Waals surface area contributed by atoms with Gasteiger partial charge in [0.2, 0.25) is 0 Å². The van der Waals surface area contributed by atoms with Crippen LogP contribution < -0.4 is 10.1 Å². The average molecular weight is 281 g/mol. The van der Waals surface area contributed by atoms with E-state index in [4.69, 9.17) is 9.15 Å². The number of hydrogen-bond donors (Lipinski definition) is 1. The molecule has 2 aromatic rings. The summed E-state index contributed by atoms with van der Waals surface area (Å²) in [6.07, 6.45) is 2.64. The fourth-order valence-electron chi connectivity index (χ4n) is 1.95. The second kappa shape index (κ2) is 6.73. The van der Waals surface area contributed by atoms with Crippen LogP contribution in [-0.2, 0) is 17.3 Å². The molecule has 0 aliphatic heterocycles. The van der Waals surface area contributed by atoms with Gasteiger partial charge in [0.05, 0.1) is 13.7 Å². The highest BCUT2D eigenvalue weighted by Gasteiger charge is 2.07. The van der Waals surface area contributed by atoms with Crippen molar-refractivity contribution < 1.29 is 13.4 Å². The molecular weight excluding hydrogens is 262 g/mol. The number of ether oxygens (including phenoxy) is 1. The largest absolute Gasteiger partial charge is 0.493 e. The molecule has 0 aliphatic carbocycles. The van der Waals surface area contributed by atoms with Gasteiger partial charge >= 0.3 is 0 Å². The first-order chi connectivity index (χ1) is 9.20. The van der Waals surface area contributed by atoms with E-state index in [9.17, 15) is 4.21 Å². The van der Waals surface area contributed by atoms with Crippen LogP contribution in [0, 0.1) is 0 Å². The summed E-state index contributed by atoms with van der Waals surface area (Å²) in [5.74, 6) is 2.38. The van der Waals surface area contributed by atoms with Crippen LogP contribution in [0.2, 0.25) is 0 Å². The quantitative estimate of drug-likeness (QED) is 0.791. The van der Waals surface area contributed by atoms with Crippen LogP contribution in [0.25, 0.3) is 11.0 Å². The summed E-state index contributed by atoms with van der Waals surface area (Å²) in [4.78, 5) is 0. The van der Waals surface area contributed by atoms with Crippen LogP contribution in [0.1, 0.15) is 12.2 Å². The van der Waals surface area contributed by atoms with Gasteiger partial charge in [-0.2, -0.15) is 0 Å². The molecule has 1 unspecified atom stereocenters. The third kappa shape index (κ3) is 3.81. The Bertz CT molecular complexity index is 565. The first-order valence-corrected chi connectivity index (χ1v) is 7.99. The van der Waals surface area contributed by atoms with Crippen LogP contribution in [0.5, 0.6) is 5.75 Å². The van der Waals surface area contributed by atoms with Crippen LogP contribution in [0.15, 0.2) is 28.7 Å². The van der Waals surface area contributed by atoms with E-state index in [0.29, 0.717) is 6.54 Å². The lowest BCUT2D eigenvalue weighted by Crippen LogP contribution is -2.16. The minimum atomic E-state index is -0.710. The van der Waals surface area contributed by atoms with Crippen LogP contribution >= 0.6 is 0 Å². The minimum Gasteiger partial charge on any atom is -0.493 e. The van der Waals surface area contributed by atoms with Crippen molar-refractivity contribution >= 4 is 21.8 Å². The highest BCUT2D eigenvalue weighted by molar-refractivity contribution is 7.84. The lowest BCUT2D eigenvalue weighted by molar-refractivity contribution is 0.406. The Morgan fingerprint density at radius 3 is 3.00 bits per heavy atom. The predicted molar refractivity (Wildman–Crippen MR) is 78.0 cm³/mol. The van der Waals surface area contributed by atoms with Crippen molar-refractivity contribution in [3.63, 3.8) is 0 Å². The van der Waals surface area contributed by atoms with Gasteiger partial charge in [-0.05, 0) is 25.1 Å². The molecule has 0 radical (unpaired) electrons. The standard InChI is InChI=1S/C14H19NO3S/c1-17-13-6-3-5-11-9-12(18-14(11)13)10-15-7-4-8-19(2)16/h3,5-6,9,15H,4,7-8,10H2,1-2H3. The summed E-state index contributed by atoms with van der Waals surface area (Å²) in [5, 5.41) is 4.33. The number of nitrogens with one attached hydrogen (secondary N) is 1. The fraction of sp³-hybridized carbons (Fsp3) is 0.429. The van der Waals surface area contributed by atoms with Gasteiger partial charge in [0.1, 0.15) is 5.76 Å². The van der Waals surface area contributed by atoms with Gasteiger partial charge < -0.3 is 14.5 Å². The third-order valence-electron chi connectivity index (χ3n) is 2.86. The van der Waals surface area contributed by atoms with Crippen molar-refractivity contribution in [2.24, 2.45) is 0 Å². The summed E-state index contributed by atoms with van der Waals surface area (Å²) < 4.78 is 21.9. The van der Waals surface area contributed by atoms with E-state index in [0.717, 1.165) is 41.2 Å². The van der Waals surface area contributed by atoms with E-state index in [2.05, 4.69) is 5.32 Å². The number of para-hydroxylation sites is 1. The van der Waals surface area contributed by atoms with E-state index in [1.54, 1.807) is 13.4 Å². The van der Waals surface area contributed by atoms with Crippen molar-refractivity contribution in [3.8, 4) is 5.75 Å². The van der Waals surface area contributed by atoms with Gasteiger partial charge in [0, 0.05) is 28.2 Å². The second-order valence-electron chi connectivity index (χ2n) is 4.40. The third-order valence-corrected chi connectivity index (χ3v) is 3.73. The summed E-state index contributed by atoms with van der Waals surface area (Å²) in [6, 6.07) is 7.86. The lowest BCUT2D eigenvalue weighted by Gasteiger charge is -2.01. The maximum Gasteiger partial charge on any atom is 0.176 e. The lowest BCUT2D eigenvalue weighted by atomic mass is 10.2. The molecule has 0 aliphatic rings. The molecule has 1 heterocycles. The van der Waals surface area contributed by atoms with Crippen molar-refractivity contribution in [3.05, 3.63) is 30.0 Å². The van der Waals surface area contributed by atoms with Crippen LogP contribution in [0.4, 0.5) is 0 Å². The Balaban J connectivity index is 1.92. The molecule has 0 fully saturated rings. The molecule has 1 aromatic heterocycles. The second-order valence-corrected chi connectivity index (χ2v) is 5.95. The monoisotopic (exact) mass is 281 g/mol. The summed E-state index contributed by atoms with van der Waals surface area (Å²) >= 11 is 0. The van der Waals surface area contributed by atoms with Crippen molar-refractivity contribution in [1.29, 1.82) is 0 Å². The average Bonchev–Trinajstić information content (AvgIpc) is 2.80. The normalized spacial score (nSPS) is 12.7. The van der Waals surface area contributed by atoms with Gasteiger partial charge in [-0.1, -0.05) is 12.1 Å². The molecule has 0 bridgehead atoms. The number of hydrogen-bond acceptors (Lipinski definition) is 4. The van der Waals surface area contributed by atoms with Crippen molar-refractivity contribution in [2.75, 3.05) is 25.7 Å². The Morgan fingerprint density at radius 2 is 2.26 bits per heavy atom. The molecule has 1 atom stereocenters. The predicted octanol–water partition coefficient (Wildman–Crippen LogP) is 2.30. The van der Waals surface area contributed by atoms with Gasteiger partial charge in [-0.3, -0.25) is 4.21 Å². The number of fused-ring (bicyclic) bond motifs is 1. The first kappa shape index (κ1) is 14.1. The molecule has 0 saturated heterocycles. The maximum absolute atomic E-state index is 10.9. The number of methoxy groups -OCH3 is 1. The molecule has 0 amide bonds. The van der Waals surface area contributed by atoms with Crippen molar-refractivity contribution in [1.82, 2.24) is 5.32 Å². The van der Waals surface area contributed by atoms with E-state index >= 15 is 0 Å². The molecule has 104 valence electrons. The van der Waals surface area contributed by atoms with Gasteiger partial charge in [0.25, 0.3) is 0 Å². The Labute approximate surface area is 115 Å². The summed E-state index contributed by atoms with van der Waals surface area (Å²) in [5.41, 5.74) is 0.788. The minimum absolute atomic E-state index is 0.675. The van der Waals surface area contributed by atoms with E-state index < -0.39 is 10.8 Å². The molecule has 1 aromatic carbocycles. The zero-order valence-electron chi connectivity index (χ0n) is 11.3. The molecule has 0 saturated carbocycles. The first-order valence-electron chi connectivity index (χ1n) is 6.27. The van der Waals surface area contributed by atoms with E-state index in [-0.39, 0.29) is 0 Å². The summed E-state index contributed by atoms with van der Waals surface area (Å²) in [7, 11) is 0.929. The van der Waals surface area contributed by atoms with Crippen molar-refractivity contribution in [2.45, 2.75) is 13.0 Å². The zero-order valence-corrected chi connectivity index (χ0v) is 12.1. The maximum atomic E-state index is 10.9. The topological polar surface area (TPSA) is 51.5 Å². The smallest absolute Gasteiger partial charge is 0.176 e. The molecule has 0 spiro atoms. The number of furan rings is 1. The van der Waals surface area contributed by atoms with Crippen LogP contribution in [0.3, 0.4) is 0 Å². The molecule has 4 nitrogen and oxygen atoms in total. The molecular formula is C14H19NO3S. The van der Waals surface area contributed by atoms with E-state index in [1.807, 2.05) is 24.3 Å². The van der Waals surface area contributed by atoms with Gasteiger partial charge in [-0.15, -0.1) is 0 Å². The number of benzene rings is 1. The zero-order chi connectivity index (χ0) is 13.7. The SMILES string of the molecule is COc1cccc2cc(CNCCCS(C)=O)oc12. The van der Waals surface area contributed by atoms with E-state index in [1.165, 1.54) is 0 Å². The molecule has 2 rings (SSSR count). The Kier molecular flexibility index (Phi) is 4.99. The molecule has 19 heavy (non-hydrogen) atoms. The van der Waals surface area contributed by atoms with Gasteiger partial charge in [0.15, 0.2) is 11.3 Å². The van der Waals surface area contributed by atoms with Gasteiger partial charge in [-0.25, -0.2) is 0 Å². The molecule has 5 heteroatoms. The highest BCUT2D eigenvalue weighted by Crippen LogP contribution is 2.28. The summed E-state index contributed by atoms with van der Waals surface area (Å²) in [6.45, 7) is 1.52. The Morgan fingerprint density at radius 1 is 1.42 bits per heavy atom. The molecule has 1 N–H and O–H groups in total.